The highest BCUT2D eigenvalue weighted by Gasteiger charge is 2.20. The number of hydrogen-bond acceptors (Lipinski definition) is 1. The molecule has 1 aliphatic rings. The largest absolute Gasteiger partial charge is 0.333 e. The molecule has 1 aromatic carbocycles. The average molecular weight is 160 g/mol. The minimum Gasteiger partial charge on any atom is -0.333 e. The molecule has 0 aliphatic carbocycles. The summed E-state index contributed by atoms with van der Waals surface area (Å²) in [5.74, 6) is 1.15. The zero-order valence-corrected chi connectivity index (χ0v) is 7.41. The summed E-state index contributed by atoms with van der Waals surface area (Å²) in [6.07, 6.45) is 0.975. The summed E-state index contributed by atoms with van der Waals surface area (Å²) in [5, 5.41) is 0. The summed E-state index contributed by atoms with van der Waals surface area (Å²) in [6, 6.07) is 8.43. The van der Waals surface area contributed by atoms with E-state index in [0.29, 0.717) is 0 Å². The Kier molecular flexibility index (Phi) is 1.61. The third-order valence-electron chi connectivity index (χ3n) is 2.35. The molecule has 0 aromatic heterocycles. The molecule has 0 fully saturated rings. The van der Waals surface area contributed by atoms with Crippen LogP contribution in [0.3, 0.4) is 0 Å². The third kappa shape index (κ3) is 0.916. The number of amidine groups is 1. The maximum atomic E-state index is 4.23. The maximum absolute atomic E-state index is 4.23. The Hall–Kier alpha value is -1.31. The molecule has 0 unspecified atom stereocenters. The van der Waals surface area contributed by atoms with Crippen LogP contribution in [0.4, 0.5) is 5.69 Å². The van der Waals surface area contributed by atoms with Crippen molar-refractivity contribution in [2.24, 2.45) is 4.99 Å². The van der Waals surface area contributed by atoms with Gasteiger partial charge in [0.2, 0.25) is 0 Å². The molecule has 1 aliphatic heterocycles. The SMILES string of the molecule is CN=C1Cc2ccccc2N1C. The molecule has 2 heteroatoms. The third-order valence-corrected chi connectivity index (χ3v) is 2.35. The fraction of sp³-hybridized carbons (Fsp3) is 0.300. The molecule has 12 heavy (non-hydrogen) atoms. The molecule has 2 nitrogen and oxygen atoms in total. The highest BCUT2D eigenvalue weighted by molar-refractivity contribution is 6.04. The van der Waals surface area contributed by atoms with Crippen molar-refractivity contribution in [3.63, 3.8) is 0 Å². The average Bonchev–Trinajstić information content (AvgIpc) is 2.44. The van der Waals surface area contributed by atoms with Gasteiger partial charge in [-0.25, -0.2) is 0 Å². The van der Waals surface area contributed by atoms with Crippen LogP contribution in [-0.4, -0.2) is 19.9 Å². The summed E-state index contributed by atoms with van der Waals surface area (Å²) < 4.78 is 0. The van der Waals surface area contributed by atoms with Crippen molar-refractivity contribution in [1.29, 1.82) is 0 Å². The summed E-state index contributed by atoms with van der Waals surface area (Å²) in [5.41, 5.74) is 2.67. The van der Waals surface area contributed by atoms with Gasteiger partial charge < -0.3 is 4.90 Å². The normalized spacial score (nSPS) is 18.5. The van der Waals surface area contributed by atoms with E-state index in [1.54, 1.807) is 0 Å². The Morgan fingerprint density at radius 3 is 2.75 bits per heavy atom. The van der Waals surface area contributed by atoms with E-state index < -0.39 is 0 Å². The number of aliphatic imine (C=N–C) groups is 1. The molecule has 0 spiro atoms. The topological polar surface area (TPSA) is 15.6 Å². The molecule has 2 rings (SSSR count). The molecular weight excluding hydrogens is 148 g/mol. The van der Waals surface area contributed by atoms with E-state index in [1.807, 2.05) is 7.05 Å². The van der Waals surface area contributed by atoms with Gasteiger partial charge in [0, 0.05) is 26.2 Å². The van der Waals surface area contributed by atoms with Crippen molar-refractivity contribution in [3.8, 4) is 0 Å². The first-order valence-corrected chi connectivity index (χ1v) is 4.10. The summed E-state index contributed by atoms with van der Waals surface area (Å²) in [4.78, 5) is 6.37. The second kappa shape index (κ2) is 2.63. The van der Waals surface area contributed by atoms with Gasteiger partial charge in [0.1, 0.15) is 5.84 Å². The molecular formula is C10H12N2. The Labute approximate surface area is 72.5 Å². The van der Waals surface area contributed by atoms with Gasteiger partial charge in [0.25, 0.3) is 0 Å². The zero-order chi connectivity index (χ0) is 8.55. The van der Waals surface area contributed by atoms with Crippen LogP contribution in [0.25, 0.3) is 0 Å². The van der Waals surface area contributed by atoms with Crippen molar-refractivity contribution in [2.45, 2.75) is 6.42 Å². The predicted octanol–water partition coefficient (Wildman–Crippen LogP) is 1.71. The van der Waals surface area contributed by atoms with Crippen molar-refractivity contribution in [3.05, 3.63) is 29.8 Å². The molecule has 0 radical (unpaired) electrons. The Morgan fingerprint density at radius 1 is 1.33 bits per heavy atom. The van der Waals surface area contributed by atoms with Gasteiger partial charge in [-0.15, -0.1) is 0 Å². The lowest BCUT2D eigenvalue weighted by Crippen LogP contribution is -2.21. The van der Waals surface area contributed by atoms with E-state index in [1.165, 1.54) is 11.3 Å². The van der Waals surface area contributed by atoms with Gasteiger partial charge in [-0.3, -0.25) is 4.99 Å². The van der Waals surface area contributed by atoms with Crippen molar-refractivity contribution in [1.82, 2.24) is 0 Å². The molecule has 0 N–H and O–H groups in total. The Balaban J connectivity index is 2.49. The summed E-state index contributed by atoms with van der Waals surface area (Å²) in [7, 11) is 3.91. The van der Waals surface area contributed by atoms with Crippen molar-refractivity contribution in [2.75, 3.05) is 19.0 Å². The van der Waals surface area contributed by atoms with Crippen LogP contribution in [0.1, 0.15) is 5.56 Å². The van der Waals surface area contributed by atoms with E-state index in [-0.39, 0.29) is 0 Å². The molecule has 0 atom stereocenters. The summed E-state index contributed by atoms with van der Waals surface area (Å²) >= 11 is 0. The molecule has 0 saturated carbocycles. The number of anilines is 1. The van der Waals surface area contributed by atoms with E-state index in [9.17, 15) is 0 Å². The van der Waals surface area contributed by atoms with Crippen molar-refractivity contribution < 1.29 is 0 Å². The molecule has 1 aromatic rings. The van der Waals surface area contributed by atoms with Gasteiger partial charge in [0.15, 0.2) is 0 Å². The van der Waals surface area contributed by atoms with Crippen LogP contribution in [0.5, 0.6) is 0 Å². The number of benzene rings is 1. The highest BCUT2D eigenvalue weighted by atomic mass is 15.2. The monoisotopic (exact) mass is 160 g/mol. The van der Waals surface area contributed by atoms with Gasteiger partial charge in [-0.1, -0.05) is 18.2 Å². The lowest BCUT2D eigenvalue weighted by atomic mass is 10.2. The molecule has 0 amide bonds. The number of fused-ring (bicyclic) bond motifs is 1. The Morgan fingerprint density at radius 2 is 2.08 bits per heavy atom. The standard InChI is InChI=1S/C10H12N2/c1-11-10-7-8-5-3-4-6-9(8)12(10)2/h3-6H,7H2,1-2H3. The summed E-state index contributed by atoms with van der Waals surface area (Å²) in [6.45, 7) is 0. The second-order valence-corrected chi connectivity index (χ2v) is 3.00. The first-order valence-electron chi connectivity index (χ1n) is 4.10. The second-order valence-electron chi connectivity index (χ2n) is 3.00. The van der Waals surface area contributed by atoms with Crippen LogP contribution >= 0.6 is 0 Å². The molecule has 0 saturated heterocycles. The van der Waals surface area contributed by atoms with Crippen LogP contribution in [-0.2, 0) is 6.42 Å². The number of likely N-dealkylation sites (N-methyl/N-ethyl adjacent to an activating group) is 1. The first kappa shape index (κ1) is 7.35. The minimum atomic E-state index is 0.975. The fourth-order valence-electron chi connectivity index (χ4n) is 1.64. The zero-order valence-electron chi connectivity index (χ0n) is 7.41. The smallest absolute Gasteiger partial charge is 0.107 e. The van der Waals surface area contributed by atoms with Crippen LogP contribution in [0.15, 0.2) is 29.3 Å². The highest BCUT2D eigenvalue weighted by Crippen LogP contribution is 2.27. The van der Waals surface area contributed by atoms with Gasteiger partial charge in [-0.2, -0.15) is 0 Å². The van der Waals surface area contributed by atoms with E-state index >= 15 is 0 Å². The van der Waals surface area contributed by atoms with E-state index in [4.69, 9.17) is 0 Å². The lowest BCUT2D eigenvalue weighted by Gasteiger charge is -2.12. The van der Waals surface area contributed by atoms with E-state index in [0.717, 1.165) is 12.3 Å². The predicted molar refractivity (Wildman–Crippen MR) is 51.9 cm³/mol. The molecule has 62 valence electrons. The lowest BCUT2D eigenvalue weighted by molar-refractivity contribution is 1.24. The number of rotatable bonds is 0. The van der Waals surface area contributed by atoms with Crippen LogP contribution in [0, 0.1) is 0 Å². The Bertz CT molecular complexity index is 328. The van der Waals surface area contributed by atoms with Crippen LogP contribution in [0.2, 0.25) is 0 Å². The van der Waals surface area contributed by atoms with Crippen LogP contribution < -0.4 is 4.90 Å². The van der Waals surface area contributed by atoms with Gasteiger partial charge in [-0.05, 0) is 11.6 Å². The first-order chi connectivity index (χ1) is 5.83. The number of hydrogen-bond donors (Lipinski definition) is 0. The molecule has 0 bridgehead atoms. The molecule has 1 heterocycles. The quantitative estimate of drug-likeness (QED) is 0.564. The van der Waals surface area contributed by atoms with E-state index in [2.05, 4.69) is 41.2 Å². The minimum absolute atomic E-state index is 0.975. The van der Waals surface area contributed by atoms with Crippen molar-refractivity contribution >= 4 is 11.5 Å². The fourth-order valence-corrected chi connectivity index (χ4v) is 1.64. The van der Waals surface area contributed by atoms with Gasteiger partial charge in [0.05, 0.1) is 0 Å². The number of para-hydroxylation sites is 1. The number of nitrogens with zero attached hydrogens (tertiary/aromatic N) is 2. The maximum Gasteiger partial charge on any atom is 0.107 e. The van der Waals surface area contributed by atoms with Gasteiger partial charge >= 0.3 is 0 Å².